The van der Waals surface area contributed by atoms with E-state index in [1.807, 2.05) is 0 Å². The zero-order chi connectivity index (χ0) is 15.0. The molecule has 0 aromatic heterocycles. The van der Waals surface area contributed by atoms with Crippen molar-refractivity contribution in [2.75, 3.05) is 11.9 Å². The second-order valence-electron chi connectivity index (χ2n) is 5.44. The molecule has 1 N–H and O–H groups in total. The Labute approximate surface area is 125 Å². The molecule has 0 atom stereocenters. The Morgan fingerprint density at radius 3 is 2.60 bits per heavy atom. The average molecular weight is 299 g/mol. The van der Waals surface area contributed by atoms with Crippen molar-refractivity contribution < 1.29 is 4.92 Å². The number of rotatable bonds is 9. The van der Waals surface area contributed by atoms with E-state index in [1.54, 1.807) is 12.1 Å². The Morgan fingerprint density at radius 2 is 1.95 bits per heavy atom. The lowest BCUT2D eigenvalue weighted by molar-refractivity contribution is -0.383. The molecule has 0 fully saturated rings. The van der Waals surface area contributed by atoms with Gasteiger partial charge in [0.25, 0.3) is 5.69 Å². The smallest absolute Gasteiger partial charge is 0.293 e. The summed E-state index contributed by atoms with van der Waals surface area (Å²) in [5, 5.41) is 14.4. The normalized spacial score (nSPS) is 10.8. The number of halogens is 1. The summed E-state index contributed by atoms with van der Waals surface area (Å²) in [6.07, 6.45) is 5.94. The quantitative estimate of drug-likeness (QED) is 0.384. The maximum atomic E-state index is 10.9. The van der Waals surface area contributed by atoms with Crippen LogP contribution in [0.15, 0.2) is 18.2 Å². The minimum absolute atomic E-state index is 0.0392. The van der Waals surface area contributed by atoms with E-state index in [2.05, 4.69) is 19.2 Å². The molecular formula is C15H23ClN2O2. The van der Waals surface area contributed by atoms with E-state index < -0.39 is 4.92 Å². The summed E-state index contributed by atoms with van der Waals surface area (Å²) in [6, 6.07) is 4.71. The van der Waals surface area contributed by atoms with Gasteiger partial charge in [0, 0.05) is 17.6 Å². The summed E-state index contributed by atoms with van der Waals surface area (Å²) in [4.78, 5) is 10.5. The highest BCUT2D eigenvalue weighted by Crippen LogP contribution is 2.27. The van der Waals surface area contributed by atoms with Gasteiger partial charge in [-0.1, -0.05) is 51.1 Å². The molecule has 1 aromatic rings. The topological polar surface area (TPSA) is 55.2 Å². The van der Waals surface area contributed by atoms with Gasteiger partial charge in [0.1, 0.15) is 5.69 Å². The molecule has 0 saturated carbocycles. The van der Waals surface area contributed by atoms with E-state index in [-0.39, 0.29) is 5.69 Å². The zero-order valence-corrected chi connectivity index (χ0v) is 12.9. The second-order valence-corrected chi connectivity index (χ2v) is 5.88. The van der Waals surface area contributed by atoms with Crippen molar-refractivity contribution in [3.05, 3.63) is 33.3 Å². The molecule has 4 nitrogen and oxygen atoms in total. The number of hydrogen-bond acceptors (Lipinski definition) is 3. The number of hydrogen-bond donors (Lipinski definition) is 1. The van der Waals surface area contributed by atoms with Crippen molar-refractivity contribution in [3.8, 4) is 0 Å². The van der Waals surface area contributed by atoms with Crippen LogP contribution in [-0.4, -0.2) is 11.5 Å². The highest BCUT2D eigenvalue weighted by Gasteiger charge is 2.13. The Morgan fingerprint density at radius 1 is 1.25 bits per heavy atom. The molecule has 1 aromatic carbocycles. The number of nitrogens with one attached hydrogen (secondary N) is 1. The minimum atomic E-state index is -0.406. The van der Waals surface area contributed by atoms with Crippen molar-refractivity contribution in [2.24, 2.45) is 5.92 Å². The monoisotopic (exact) mass is 298 g/mol. The number of anilines is 1. The number of nitro groups is 1. The first-order valence-electron chi connectivity index (χ1n) is 7.18. The molecule has 5 heteroatoms. The summed E-state index contributed by atoms with van der Waals surface area (Å²) in [7, 11) is 0. The zero-order valence-electron chi connectivity index (χ0n) is 12.2. The Balaban J connectivity index is 2.30. The Hall–Kier alpha value is -1.29. The van der Waals surface area contributed by atoms with Crippen LogP contribution in [0.2, 0.25) is 5.02 Å². The van der Waals surface area contributed by atoms with Gasteiger partial charge in [0.15, 0.2) is 0 Å². The number of unbranched alkanes of at least 4 members (excludes halogenated alkanes) is 3. The molecule has 0 radical (unpaired) electrons. The summed E-state index contributed by atoms with van der Waals surface area (Å²) in [6.45, 7) is 5.23. The van der Waals surface area contributed by atoms with Crippen LogP contribution in [0, 0.1) is 16.0 Å². The highest BCUT2D eigenvalue weighted by atomic mass is 35.5. The van der Waals surface area contributed by atoms with Crippen LogP contribution in [0.1, 0.15) is 46.0 Å². The fourth-order valence-corrected chi connectivity index (χ4v) is 2.23. The van der Waals surface area contributed by atoms with E-state index in [9.17, 15) is 10.1 Å². The lowest BCUT2D eigenvalue weighted by Gasteiger charge is -2.08. The van der Waals surface area contributed by atoms with Crippen LogP contribution in [-0.2, 0) is 0 Å². The summed E-state index contributed by atoms with van der Waals surface area (Å²) in [5.74, 6) is 0.768. The minimum Gasteiger partial charge on any atom is -0.379 e. The molecule has 0 aliphatic heterocycles. The fraction of sp³-hybridized carbons (Fsp3) is 0.600. The molecule has 0 aliphatic rings. The molecule has 0 spiro atoms. The fourth-order valence-electron chi connectivity index (χ4n) is 2.06. The highest BCUT2D eigenvalue weighted by molar-refractivity contribution is 6.30. The largest absolute Gasteiger partial charge is 0.379 e. The van der Waals surface area contributed by atoms with Crippen LogP contribution >= 0.6 is 11.6 Å². The lowest BCUT2D eigenvalue weighted by atomic mass is 10.0. The van der Waals surface area contributed by atoms with Crippen LogP contribution < -0.4 is 5.32 Å². The summed E-state index contributed by atoms with van der Waals surface area (Å²) in [5.41, 5.74) is 0.582. The van der Waals surface area contributed by atoms with Crippen LogP contribution in [0.25, 0.3) is 0 Å². The molecule has 1 rings (SSSR count). The van der Waals surface area contributed by atoms with E-state index >= 15 is 0 Å². The van der Waals surface area contributed by atoms with Gasteiger partial charge in [-0.3, -0.25) is 10.1 Å². The summed E-state index contributed by atoms with van der Waals surface area (Å²) < 4.78 is 0. The Kier molecular flexibility index (Phi) is 7.37. The standard InChI is InChI=1S/C15H23ClN2O2/c1-12(2)7-5-3-4-6-10-17-14-9-8-13(16)11-15(14)18(19)20/h8-9,11-12,17H,3-7,10H2,1-2H3. The molecule has 112 valence electrons. The number of nitro benzene ring substituents is 1. The van der Waals surface area contributed by atoms with Crippen molar-refractivity contribution in [1.29, 1.82) is 0 Å². The van der Waals surface area contributed by atoms with Crippen LogP contribution in [0.5, 0.6) is 0 Å². The van der Waals surface area contributed by atoms with Crippen molar-refractivity contribution in [3.63, 3.8) is 0 Å². The number of nitrogens with zero attached hydrogens (tertiary/aromatic N) is 1. The molecule has 0 aliphatic carbocycles. The first-order valence-corrected chi connectivity index (χ1v) is 7.56. The first-order chi connectivity index (χ1) is 9.50. The molecular weight excluding hydrogens is 276 g/mol. The molecule has 0 saturated heterocycles. The van der Waals surface area contributed by atoms with Gasteiger partial charge < -0.3 is 5.32 Å². The van der Waals surface area contributed by atoms with Gasteiger partial charge in [-0.2, -0.15) is 0 Å². The Bertz CT molecular complexity index is 436. The predicted molar refractivity (Wildman–Crippen MR) is 84.5 cm³/mol. The van der Waals surface area contributed by atoms with Gasteiger partial charge in [0.05, 0.1) is 4.92 Å². The predicted octanol–water partition coefficient (Wildman–Crippen LogP) is 5.27. The lowest BCUT2D eigenvalue weighted by Crippen LogP contribution is -2.04. The molecule has 0 unspecified atom stereocenters. The van der Waals surface area contributed by atoms with Crippen LogP contribution in [0.3, 0.4) is 0 Å². The van der Waals surface area contributed by atoms with Crippen molar-refractivity contribution >= 4 is 23.0 Å². The third kappa shape index (κ3) is 6.24. The van der Waals surface area contributed by atoms with Gasteiger partial charge in [-0.15, -0.1) is 0 Å². The third-order valence-electron chi connectivity index (χ3n) is 3.18. The molecule has 0 heterocycles. The SMILES string of the molecule is CC(C)CCCCCCNc1ccc(Cl)cc1[N+](=O)[O-]. The number of benzene rings is 1. The summed E-state index contributed by atoms with van der Waals surface area (Å²) >= 11 is 5.77. The van der Waals surface area contributed by atoms with Gasteiger partial charge in [0.2, 0.25) is 0 Å². The van der Waals surface area contributed by atoms with Gasteiger partial charge >= 0.3 is 0 Å². The van der Waals surface area contributed by atoms with Gasteiger partial charge in [-0.05, 0) is 24.5 Å². The van der Waals surface area contributed by atoms with E-state index in [0.29, 0.717) is 10.7 Å². The average Bonchev–Trinajstić information content (AvgIpc) is 2.38. The van der Waals surface area contributed by atoms with Gasteiger partial charge in [-0.25, -0.2) is 0 Å². The molecule has 0 amide bonds. The second kappa shape index (κ2) is 8.80. The molecule has 20 heavy (non-hydrogen) atoms. The van der Waals surface area contributed by atoms with E-state index in [4.69, 9.17) is 11.6 Å². The third-order valence-corrected chi connectivity index (χ3v) is 3.42. The first kappa shape index (κ1) is 16.8. The van der Waals surface area contributed by atoms with Crippen molar-refractivity contribution in [2.45, 2.75) is 46.0 Å². The van der Waals surface area contributed by atoms with E-state index in [0.717, 1.165) is 25.3 Å². The maximum absolute atomic E-state index is 10.9. The maximum Gasteiger partial charge on any atom is 0.293 e. The van der Waals surface area contributed by atoms with Crippen molar-refractivity contribution in [1.82, 2.24) is 0 Å². The van der Waals surface area contributed by atoms with Crippen LogP contribution in [0.4, 0.5) is 11.4 Å². The molecule has 0 bridgehead atoms. The van der Waals surface area contributed by atoms with E-state index in [1.165, 1.54) is 25.3 Å².